The van der Waals surface area contributed by atoms with Gasteiger partial charge < -0.3 is 21.1 Å². The maximum atomic E-state index is 11.5. The van der Waals surface area contributed by atoms with Gasteiger partial charge in [0.2, 0.25) is 5.91 Å². The predicted molar refractivity (Wildman–Crippen MR) is 129 cm³/mol. The van der Waals surface area contributed by atoms with Crippen LogP contribution in [-0.4, -0.2) is 28.0 Å². The Hall–Kier alpha value is -3.71. The van der Waals surface area contributed by atoms with Crippen LogP contribution < -0.4 is 21.1 Å². The molecule has 1 aliphatic carbocycles. The first-order valence-corrected chi connectivity index (χ1v) is 11.2. The fraction of sp³-hybridized carbons (Fsp3) is 0.269. The van der Waals surface area contributed by atoms with Crippen LogP contribution >= 0.6 is 0 Å². The van der Waals surface area contributed by atoms with E-state index in [0.717, 1.165) is 54.1 Å². The van der Waals surface area contributed by atoms with Gasteiger partial charge in [0.25, 0.3) is 0 Å². The topological polar surface area (TPSA) is 102 Å². The molecule has 1 unspecified atom stereocenters. The van der Waals surface area contributed by atoms with Gasteiger partial charge in [-0.15, -0.1) is 0 Å². The van der Waals surface area contributed by atoms with Crippen LogP contribution in [0.25, 0.3) is 0 Å². The lowest BCUT2D eigenvalue weighted by Crippen LogP contribution is -2.39. The number of anilines is 1. The van der Waals surface area contributed by atoms with Gasteiger partial charge in [0, 0.05) is 23.8 Å². The van der Waals surface area contributed by atoms with Crippen LogP contribution in [0.1, 0.15) is 42.9 Å². The van der Waals surface area contributed by atoms with Crippen molar-refractivity contribution in [2.75, 3.05) is 5.32 Å². The van der Waals surface area contributed by atoms with Crippen LogP contribution in [0.3, 0.4) is 0 Å². The molecule has 4 rings (SSSR count). The van der Waals surface area contributed by atoms with Crippen molar-refractivity contribution in [1.29, 1.82) is 0 Å². The lowest BCUT2D eigenvalue weighted by atomic mass is 9.90. The van der Waals surface area contributed by atoms with E-state index in [9.17, 15) is 4.79 Å². The number of nitrogens with one attached hydrogen (secondary N) is 2. The van der Waals surface area contributed by atoms with Crippen LogP contribution in [0.5, 0.6) is 11.5 Å². The molecule has 7 nitrogen and oxygen atoms in total. The highest BCUT2D eigenvalue weighted by atomic mass is 16.5. The Morgan fingerprint density at radius 3 is 2.39 bits per heavy atom. The fourth-order valence-corrected chi connectivity index (χ4v) is 4.07. The highest BCUT2D eigenvalue weighted by Crippen LogP contribution is 2.29. The van der Waals surface area contributed by atoms with Gasteiger partial charge in [-0.05, 0) is 61.6 Å². The van der Waals surface area contributed by atoms with Crippen LogP contribution in [0, 0.1) is 0 Å². The second-order valence-corrected chi connectivity index (χ2v) is 8.19. The molecule has 1 atom stereocenters. The van der Waals surface area contributed by atoms with E-state index in [0.29, 0.717) is 0 Å². The number of hydrogen-bond acceptors (Lipinski definition) is 6. The first-order valence-electron chi connectivity index (χ1n) is 11.2. The number of para-hydroxylation sites is 1. The average Bonchev–Trinajstić information content (AvgIpc) is 2.86. The highest BCUT2D eigenvalue weighted by molar-refractivity contribution is 5.87. The summed E-state index contributed by atoms with van der Waals surface area (Å²) in [4.78, 5) is 20.2. The summed E-state index contributed by atoms with van der Waals surface area (Å²) in [5.74, 6) is 2.17. The van der Waals surface area contributed by atoms with Crippen LogP contribution in [0.2, 0.25) is 0 Å². The third-order valence-corrected chi connectivity index (χ3v) is 5.89. The van der Waals surface area contributed by atoms with Crippen molar-refractivity contribution < 1.29 is 9.53 Å². The van der Waals surface area contributed by atoms with Crippen molar-refractivity contribution in [3.05, 3.63) is 90.9 Å². The number of aromatic nitrogens is 2. The van der Waals surface area contributed by atoms with E-state index >= 15 is 0 Å². The molecule has 1 amide bonds. The molecule has 0 saturated heterocycles. The van der Waals surface area contributed by atoms with Crippen molar-refractivity contribution in [3.63, 3.8) is 0 Å². The molecule has 0 aliphatic heterocycles. The standard InChI is InChI=1S/C26H29N5O2/c1-2-24(32)30-19-10-12-20(13-11-19)31-26-23(16-28-17-29-26)25(27)18-8-14-22(15-9-18)33-21-6-4-3-5-7-21/h2-9,14-17,19-20,25H,1,10-13,27H2,(H,30,32)(H,28,29,31). The zero-order valence-electron chi connectivity index (χ0n) is 18.5. The van der Waals surface area contributed by atoms with Gasteiger partial charge in [-0.3, -0.25) is 4.79 Å². The third-order valence-electron chi connectivity index (χ3n) is 5.89. The fourth-order valence-electron chi connectivity index (χ4n) is 4.07. The van der Waals surface area contributed by atoms with E-state index in [-0.39, 0.29) is 24.0 Å². The molecule has 0 radical (unpaired) electrons. The molecular formula is C26H29N5O2. The molecular weight excluding hydrogens is 414 g/mol. The van der Waals surface area contributed by atoms with Crippen LogP contribution in [-0.2, 0) is 4.79 Å². The summed E-state index contributed by atoms with van der Waals surface area (Å²) >= 11 is 0. The second-order valence-electron chi connectivity index (χ2n) is 8.19. The number of carbonyl (C=O) groups excluding carboxylic acids is 1. The van der Waals surface area contributed by atoms with Crippen molar-refractivity contribution >= 4 is 11.7 Å². The molecule has 1 aliphatic rings. The first kappa shape index (κ1) is 22.5. The molecule has 0 bridgehead atoms. The van der Waals surface area contributed by atoms with Gasteiger partial charge >= 0.3 is 0 Å². The van der Waals surface area contributed by atoms with E-state index in [1.54, 1.807) is 6.20 Å². The molecule has 1 aromatic heterocycles. The number of hydrogen-bond donors (Lipinski definition) is 3. The number of nitrogens with two attached hydrogens (primary N) is 1. The molecule has 7 heteroatoms. The van der Waals surface area contributed by atoms with Gasteiger partial charge in [-0.1, -0.05) is 36.9 Å². The summed E-state index contributed by atoms with van der Waals surface area (Å²) in [5.41, 5.74) is 8.39. The van der Waals surface area contributed by atoms with Crippen molar-refractivity contribution in [1.82, 2.24) is 15.3 Å². The lowest BCUT2D eigenvalue weighted by Gasteiger charge is -2.30. The largest absolute Gasteiger partial charge is 0.457 e. The van der Waals surface area contributed by atoms with Gasteiger partial charge in [-0.2, -0.15) is 0 Å². The smallest absolute Gasteiger partial charge is 0.243 e. The molecule has 2 aromatic carbocycles. The quantitative estimate of drug-likeness (QED) is 0.448. The zero-order chi connectivity index (χ0) is 23.0. The molecule has 3 aromatic rings. The molecule has 4 N–H and O–H groups in total. The van der Waals surface area contributed by atoms with Gasteiger partial charge in [0.1, 0.15) is 23.6 Å². The molecule has 33 heavy (non-hydrogen) atoms. The summed E-state index contributed by atoms with van der Waals surface area (Å²) < 4.78 is 5.87. The molecule has 170 valence electrons. The Morgan fingerprint density at radius 2 is 1.70 bits per heavy atom. The number of rotatable bonds is 8. The number of carbonyl (C=O) groups is 1. The van der Waals surface area contributed by atoms with Gasteiger partial charge in [-0.25, -0.2) is 9.97 Å². The van der Waals surface area contributed by atoms with Gasteiger partial charge in [0.05, 0.1) is 6.04 Å². The Labute approximate surface area is 194 Å². The van der Waals surface area contributed by atoms with Crippen molar-refractivity contribution in [3.8, 4) is 11.5 Å². The van der Waals surface area contributed by atoms with Crippen molar-refractivity contribution in [2.24, 2.45) is 5.73 Å². The predicted octanol–water partition coefficient (Wildman–Crippen LogP) is 4.34. The van der Waals surface area contributed by atoms with Gasteiger partial charge in [0.15, 0.2) is 0 Å². The maximum Gasteiger partial charge on any atom is 0.243 e. The Kier molecular flexibility index (Phi) is 7.32. The summed E-state index contributed by atoms with van der Waals surface area (Å²) in [6.45, 7) is 3.51. The molecule has 1 saturated carbocycles. The average molecular weight is 444 g/mol. The third kappa shape index (κ3) is 5.96. The van der Waals surface area contributed by atoms with E-state index in [1.807, 2.05) is 54.6 Å². The van der Waals surface area contributed by atoms with Crippen LogP contribution in [0.4, 0.5) is 5.82 Å². The minimum atomic E-state index is -0.373. The monoisotopic (exact) mass is 443 g/mol. The second kappa shape index (κ2) is 10.7. The lowest BCUT2D eigenvalue weighted by molar-refractivity contribution is -0.117. The Balaban J connectivity index is 1.40. The van der Waals surface area contributed by atoms with E-state index < -0.39 is 0 Å². The number of amides is 1. The van der Waals surface area contributed by atoms with Crippen molar-refractivity contribution in [2.45, 2.75) is 43.8 Å². The number of ether oxygens (including phenoxy) is 1. The summed E-state index contributed by atoms with van der Waals surface area (Å²) in [7, 11) is 0. The SMILES string of the molecule is C=CC(=O)NC1CCC(Nc2ncncc2C(N)c2ccc(Oc3ccccc3)cc2)CC1. The minimum absolute atomic E-state index is 0.115. The van der Waals surface area contributed by atoms with E-state index in [4.69, 9.17) is 10.5 Å². The summed E-state index contributed by atoms with van der Waals surface area (Å²) in [6.07, 6.45) is 8.31. The molecule has 1 fully saturated rings. The molecule has 1 heterocycles. The van der Waals surface area contributed by atoms with Crippen LogP contribution in [0.15, 0.2) is 79.8 Å². The number of nitrogens with zero attached hydrogens (tertiary/aromatic N) is 2. The molecule has 0 spiro atoms. The van der Waals surface area contributed by atoms with E-state index in [1.165, 1.54) is 12.4 Å². The highest BCUT2D eigenvalue weighted by Gasteiger charge is 2.24. The summed E-state index contributed by atoms with van der Waals surface area (Å²) in [5, 5.41) is 6.53. The number of benzene rings is 2. The normalized spacial score (nSPS) is 18.7. The Morgan fingerprint density at radius 1 is 1.03 bits per heavy atom. The van der Waals surface area contributed by atoms with E-state index in [2.05, 4.69) is 27.2 Å². The summed E-state index contributed by atoms with van der Waals surface area (Å²) in [6, 6.07) is 17.5. The minimum Gasteiger partial charge on any atom is -0.457 e. The Bertz CT molecular complexity index is 1060. The zero-order valence-corrected chi connectivity index (χ0v) is 18.5. The maximum absolute atomic E-state index is 11.5. The first-order chi connectivity index (χ1) is 16.1.